The molecule has 4 rings (SSSR count). The number of hydrogen-bond donors (Lipinski definition) is 1. The highest BCUT2D eigenvalue weighted by molar-refractivity contribution is 5.77. The summed E-state index contributed by atoms with van der Waals surface area (Å²) < 4.78 is 1.76. The Morgan fingerprint density at radius 3 is 2.63 bits per heavy atom. The molecule has 30 heavy (non-hydrogen) atoms. The second-order valence-electron chi connectivity index (χ2n) is 7.33. The van der Waals surface area contributed by atoms with Crippen LogP contribution in [-0.4, -0.2) is 68.3 Å². The Balaban J connectivity index is 1.26. The summed E-state index contributed by atoms with van der Waals surface area (Å²) >= 11 is 0. The summed E-state index contributed by atoms with van der Waals surface area (Å²) in [5.74, 6) is 2.40. The molecule has 0 saturated carbocycles. The molecule has 3 aromatic heterocycles. The van der Waals surface area contributed by atoms with Crippen molar-refractivity contribution in [1.29, 1.82) is 0 Å². The second kappa shape index (κ2) is 8.89. The van der Waals surface area contributed by atoms with E-state index in [2.05, 4.69) is 30.3 Å². The van der Waals surface area contributed by atoms with Gasteiger partial charge in [-0.2, -0.15) is 5.10 Å². The van der Waals surface area contributed by atoms with E-state index in [1.54, 1.807) is 23.3 Å². The van der Waals surface area contributed by atoms with Crippen LogP contribution in [0.25, 0.3) is 5.82 Å². The second-order valence-corrected chi connectivity index (χ2v) is 7.33. The maximum Gasteiger partial charge on any atom is 0.224 e. The number of amides is 1. The Hall–Kier alpha value is -3.49. The molecular weight excluding hydrogens is 380 g/mol. The molecule has 1 saturated heterocycles. The van der Waals surface area contributed by atoms with E-state index in [1.165, 1.54) is 0 Å². The Bertz CT molecular complexity index is 995. The first-order valence-corrected chi connectivity index (χ1v) is 10.1. The van der Waals surface area contributed by atoms with Crippen molar-refractivity contribution in [2.45, 2.75) is 20.3 Å². The molecule has 0 unspecified atom stereocenters. The van der Waals surface area contributed by atoms with Gasteiger partial charge in [0.25, 0.3) is 0 Å². The van der Waals surface area contributed by atoms with Gasteiger partial charge in [-0.05, 0) is 32.0 Å². The maximum absolute atomic E-state index is 12.6. The minimum atomic E-state index is 0.144. The number of nitrogens with one attached hydrogen (secondary N) is 1. The zero-order valence-corrected chi connectivity index (χ0v) is 17.3. The summed E-state index contributed by atoms with van der Waals surface area (Å²) in [5.41, 5.74) is 1.93. The molecule has 9 heteroatoms. The van der Waals surface area contributed by atoms with Crippen LogP contribution in [0.1, 0.15) is 17.8 Å². The molecule has 0 aliphatic carbocycles. The molecule has 0 spiro atoms. The Labute approximate surface area is 175 Å². The first-order valence-electron chi connectivity index (χ1n) is 10.1. The third-order valence-electron chi connectivity index (χ3n) is 5.10. The molecule has 1 aliphatic heterocycles. The Kier molecular flexibility index (Phi) is 5.87. The first kappa shape index (κ1) is 19.8. The van der Waals surface area contributed by atoms with E-state index in [0.29, 0.717) is 37.7 Å². The van der Waals surface area contributed by atoms with Gasteiger partial charge in [-0.1, -0.05) is 6.07 Å². The van der Waals surface area contributed by atoms with Crippen LogP contribution >= 0.6 is 0 Å². The van der Waals surface area contributed by atoms with E-state index in [0.717, 1.165) is 30.3 Å². The van der Waals surface area contributed by atoms with Gasteiger partial charge in [-0.25, -0.2) is 14.6 Å². The van der Waals surface area contributed by atoms with Gasteiger partial charge in [-0.15, -0.1) is 0 Å². The van der Waals surface area contributed by atoms with Crippen LogP contribution in [0, 0.1) is 13.8 Å². The molecule has 0 bridgehead atoms. The van der Waals surface area contributed by atoms with E-state index < -0.39 is 0 Å². The van der Waals surface area contributed by atoms with Crippen molar-refractivity contribution in [3.8, 4) is 5.82 Å². The number of nitrogens with zero attached hydrogens (tertiary/aromatic N) is 7. The Morgan fingerprint density at radius 1 is 1.10 bits per heavy atom. The number of hydrogen-bond acceptors (Lipinski definition) is 7. The predicted octanol–water partition coefficient (Wildman–Crippen LogP) is 1.82. The molecule has 0 aromatic carbocycles. The van der Waals surface area contributed by atoms with Crippen LogP contribution in [0.15, 0.2) is 42.9 Å². The van der Waals surface area contributed by atoms with Crippen LogP contribution in [0.2, 0.25) is 0 Å². The maximum atomic E-state index is 12.6. The number of piperazine rings is 1. The molecule has 3 aromatic rings. The smallest absolute Gasteiger partial charge is 0.224 e. The van der Waals surface area contributed by atoms with Gasteiger partial charge in [0.15, 0.2) is 5.82 Å². The molecule has 1 fully saturated rings. The third-order valence-corrected chi connectivity index (χ3v) is 5.10. The van der Waals surface area contributed by atoms with E-state index >= 15 is 0 Å². The standard InChI is InChI=1S/C21H26N8O/c1-16-13-17(2)29(26-16)20-15-22-14-18(25-20)23-8-6-21(30)28-11-9-27(10-12-28)19-5-3-4-7-24-19/h3-5,7,13-15H,6,8-12H2,1-2H3,(H,23,25). The van der Waals surface area contributed by atoms with Gasteiger partial charge in [0, 0.05) is 51.0 Å². The summed E-state index contributed by atoms with van der Waals surface area (Å²) in [7, 11) is 0. The molecule has 1 N–H and O–H groups in total. The topological polar surface area (TPSA) is 92.1 Å². The predicted molar refractivity (Wildman–Crippen MR) is 115 cm³/mol. The molecule has 0 radical (unpaired) electrons. The minimum Gasteiger partial charge on any atom is -0.368 e. The highest BCUT2D eigenvalue weighted by Gasteiger charge is 2.21. The monoisotopic (exact) mass is 406 g/mol. The summed E-state index contributed by atoms with van der Waals surface area (Å²) in [6.07, 6.45) is 5.54. The molecule has 9 nitrogen and oxygen atoms in total. The quantitative estimate of drug-likeness (QED) is 0.668. The Morgan fingerprint density at radius 2 is 1.93 bits per heavy atom. The number of anilines is 2. The van der Waals surface area contributed by atoms with E-state index in [1.807, 2.05) is 43.0 Å². The van der Waals surface area contributed by atoms with Gasteiger partial charge < -0.3 is 15.1 Å². The summed E-state index contributed by atoms with van der Waals surface area (Å²) in [6.45, 7) is 7.45. The summed E-state index contributed by atoms with van der Waals surface area (Å²) in [4.78, 5) is 29.9. The minimum absolute atomic E-state index is 0.144. The van der Waals surface area contributed by atoms with Crippen molar-refractivity contribution >= 4 is 17.5 Å². The highest BCUT2D eigenvalue weighted by Crippen LogP contribution is 2.14. The van der Waals surface area contributed by atoms with E-state index in [9.17, 15) is 4.79 Å². The lowest BCUT2D eigenvalue weighted by atomic mass is 10.2. The first-order chi connectivity index (χ1) is 14.6. The zero-order valence-electron chi connectivity index (χ0n) is 17.3. The zero-order chi connectivity index (χ0) is 20.9. The molecule has 0 atom stereocenters. The SMILES string of the molecule is Cc1cc(C)n(-c2cncc(NCCC(=O)N3CCN(c4ccccn4)CC3)n2)n1. The van der Waals surface area contributed by atoms with Crippen LogP contribution in [0.4, 0.5) is 11.6 Å². The number of carbonyl (C=O) groups is 1. The van der Waals surface area contributed by atoms with Crippen LogP contribution in [0.5, 0.6) is 0 Å². The fourth-order valence-corrected chi connectivity index (χ4v) is 3.59. The van der Waals surface area contributed by atoms with Crippen molar-refractivity contribution in [1.82, 2.24) is 29.6 Å². The van der Waals surface area contributed by atoms with Crippen molar-refractivity contribution in [2.24, 2.45) is 0 Å². The number of rotatable bonds is 6. The van der Waals surface area contributed by atoms with Crippen LogP contribution < -0.4 is 10.2 Å². The molecule has 1 amide bonds. The molecule has 156 valence electrons. The van der Waals surface area contributed by atoms with Gasteiger partial charge in [0.2, 0.25) is 5.91 Å². The lowest BCUT2D eigenvalue weighted by Crippen LogP contribution is -2.49. The normalized spacial score (nSPS) is 14.1. The molecule has 4 heterocycles. The summed E-state index contributed by atoms with van der Waals surface area (Å²) in [5, 5.41) is 7.64. The van der Waals surface area contributed by atoms with Crippen LogP contribution in [0.3, 0.4) is 0 Å². The van der Waals surface area contributed by atoms with E-state index in [4.69, 9.17) is 0 Å². The van der Waals surface area contributed by atoms with Crippen molar-refractivity contribution in [3.05, 3.63) is 54.2 Å². The number of aromatic nitrogens is 5. The van der Waals surface area contributed by atoms with Gasteiger partial charge >= 0.3 is 0 Å². The molecular formula is C21H26N8O. The van der Waals surface area contributed by atoms with Crippen molar-refractivity contribution < 1.29 is 4.79 Å². The average Bonchev–Trinajstić information content (AvgIpc) is 3.12. The fraction of sp³-hybridized carbons (Fsp3) is 0.381. The van der Waals surface area contributed by atoms with Crippen molar-refractivity contribution in [2.75, 3.05) is 42.9 Å². The van der Waals surface area contributed by atoms with Gasteiger partial charge in [0.05, 0.1) is 18.1 Å². The van der Waals surface area contributed by atoms with Crippen molar-refractivity contribution in [3.63, 3.8) is 0 Å². The lowest BCUT2D eigenvalue weighted by molar-refractivity contribution is -0.131. The van der Waals surface area contributed by atoms with Gasteiger partial charge in [0.1, 0.15) is 11.6 Å². The molecule has 1 aliphatic rings. The average molecular weight is 406 g/mol. The number of carbonyl (C=O) groups excluding carboxylic acids is 1. The van der Waals surface area contributed by atoms with Crippen LogP contribution in [-0.2, 0) is 4.79 Å². The number of pyridine rings is 1. The summed E-state index contributed by atoms with van der Waals surface area (Å²) in [6, 6.07) is 7.89. The fourth-order valence-electron chi connectivity index (χ4n) is 3.59. The largest absolute Gasteiger partial charge is 0.368 e. The third kappa shape index (κ3) is 4.56. The van der Waals surface area contributed by atoms with Gasteiger partial charge in [-0.3, -0.25) is 9.78 Å². The lowest BCUT2D eigenvalue weighted by Gasteiger charge is -2.35. The number of aryl methyl sites for hydroxylation is 2. The highest BCUT2D eigenvalue weighted by atomic mass is 16.2. The van der Waals surface area contributed by atoms with E-state index in [-0.39, 0.29) is 5.91 Å².